The second-order valence-corrected chi connectivity index (χ2v) is 8.19. The zero-order chi connectivity index (χ0) is 19.6. The van der Waals surface area contributed by atoms with Crippen LogP contribution in [0.3, 0.4) is 0 Å². The van der Waals surface area contributed by atoms with E-state index in [1.807, 2.05) is 24.3 Å². The van der Waals surface area contributed by atoms with Crippen molar-refractivity contribution in [3.63, 3.8) is 0 Å². The number of imide groups is 1. The van der Waals surface area contributed by atoms with E-state index in [4.69, 9.17) is 0 Å². The van der Waals surface area contributed by atoms with Crippen LogP contribution in [0.4, 0.5) is 4.79 Å². The molecule has 3 rings (SSSR count). The number of carbonyl (C=O) groups excluding carboxylic acids is 3. The van der Waals surface area contributed by atoms with Gasteiger partial charge in [0, 0.05) is 13.1 Å². The number of hydrogen-bond acceptors (Lipinski definition) is 3. The summed E-state index contributed by atoms with van der Waals surface area (Å²) in [7, 11) is 0. The third-order valence-electron chi connectivity index (χ3n) is 5.05. The van der Waals surface area contributed by atoms with Crippen molar-refractivity contribution in [2.75, 3.05) is 19.6 Å². The molecule has 2 aliphatic heterocycles. The highest BCUT2D eigenvalue weighted by Crippen LogP contribution is 2.23. The van der Waals surface area contributed by atoms with Crippen molar-refractivity contribution in [3.8, 4) is 0 Å². The first-order valence-corrected chi connectivity index (χ1v) is 9.48. The van der Waals surface area contributed by atoms with Gasteiger partial charge in [-0.1, -0.05) is 45.0 Å². The quantitative estimate of drug-likeness (QED) is 0.658. The molecular formula is C21H27N3O3. The van der Waals surface area contributed by atoms with Gasteiger partial charge in [-0.3, -0.25) is 9.59 Å². The number of carbonyl (C=O) groups is 3. The summed E-state index contributed by atoms with van der Waals surface area (Å²) in [6, 6.07) is 7.35. The van der Waals surface area contributed by atoms with E-state index in [1.54, 1.807) is 11.0 Å². The van der Waals surface area contributed by atoms with Gasteiger partial charge in [0.25, 0.3) is 5.91 Å². The van der Waals surface area contributed by atoms with Gasteiger partial charge in [0.2, 0.25) is 5.91 Å². The normalized spacial score (nSPS) is 19.6. The van der Waals surface area contributed by atoms with Gasteiger partial charge in [-0.05, 0) is 41.9 Å². The number of nitrogens with one attached hydrogen (secondary N) is 1. The van der Waals surface area contributed by atoms with Crippen LogP contribution >= 0.6 is 0 Å². The molecule has 4 amide bonds. The molecule has 1 aromatic carbocycles. The van der Waals surface area contributed by atoms with E-state index < -0.39 is 11.9 Å². The van der Waals surface area contributed by atoms with Crippen molar-refractivity contribution in [1.29, 1.82) is 0 Å². The summed E-state index contributed by atoms with van der Waals surface area (Å²) in [4.78, 5) is 39.8. The minimum absolute atomic E-state index is 0.0503. The molecule has 0 atom stereocenters. The standard InChI is InChI=1S/C21H27N3O3/c1-21(2,3)16-9-7-15(8-10-16)13-17-19(26)24(20(27)22-17)14-18(25)23-11-5-4-6-12-23/h7-10,13H,4-6,11-12,14H2,1-3H3,(H,22,27)/b17-13-. The number of likely N-dealkylation sites (tertiary alicyclic amines) is 1. The fourth-order valence-electron chi connectivity index (χ4n) is 3.34. The molecule has 0 saturated carbocycles. The largest absolute Gasteiger partial charge is 0.341 e. The Morgan fingerprint density at radius 3 is 2.30 bits per heavy atom. The molecule has 0 radical (unpaired) electrons. The number of nitrogens with zero attached hydrogens (tertiary/aromatic N) is 2. The summed E-state index contributed by atoms with van der Waals surface area (Å²) in [5, 5.41) is 2.58. The number of urea groups is 1. The molecule has 27 heavy (non-hydrogen) atoms. The van der Waals surface area contributed by atoms with Gasteiger partial charge in [0.15, 0.2) is 0 Å². The molecule has 2 fully saturated rings. The number of rotatable bonds is 3. The summed E-state index contributed by atoms with van der Waals surface area (Å²) in [6.07, 6.45) is 4.72. The van der Waals surface area contributed by atoms with Crippen LogP contribution in [0.15, 0.2) is 30.0 Å². The molecule has 0 bridgehead atoms. The Kier molecular flexibility index (Phi) is 5.35. The van der Waals surface area contributed by atoms with Gasteiger partial charge in [-0.15, -0.1) is 0 Å². The molecule has 6 heteroatoms. The maximum atomic E-state index is 12.6. The predicted octanol–water partition coefficient (Wildman–Crippen LogP) is 2.89. The monoisotopic (exact) mass is 369 g/mol. The molecule has 0 unspecified atom stereocenters. The maximum absolute atomic E-state index is 12.6. The van der Waals surface area contributed by atoms with E-state index in [-0.39, 0.29) is 23.6 Å². The van der Waals surface area contributed by atoms with Gasteiger partial charge < -0.3 is 10.2 Å². The Hall–Kier alpha value is -2.63. The summed E-state index contributed by atoms with van der Waals surface area (Å²) < 4.78 is 0. The molecule has 0 aliphatic carbocycles. The number of benzene rings is 1. The zero-order valence-corrected chi connectivity index (χ0v) is 16.2. The van der Waals surface area contributed by atoms with Gasteiger partial charge in [0.05, 0.1) is 0 Å². The summed E-state index contributed by atoms with van der Waals surface area (Å²) in [6.45, 7) is 7.61. The molecule has 144 valence electrons. The van der Waals surface area contributed by atoms with Crippen LogP contribution in [0.2, 0.25) is 0 Å². The second-order valence-electron chi connectivity index (χ2n) is 8.19. The molecule has 1 N–H and O–H groups in total. The van der Waals surface area contributed by atoms with E-state index in [2.05, 4.69) is 26.1 Å². The van der Waals surface area contributed by atoms with E-state index >= 15 is 0 Å². The molecule has 6 nitrogen and oxygen atoms in total. The van der Waals surface area contributed by atoms with Gasteiger partial charge in [-0.25, -0.2) is 9.69 Å². The first-order chi connectivity index (χ1) is 12.8. The first-order valence-electron chi connectivity index (χ1n) is 9.48. The summed E-state index contributed by atoms with van der Waals surface area (Å²) in [5.41, 5.74) is 2.28. The van der Waals surface area contributed by atoms with E-state index in [9.17, 15) is 14.4 Å². The molecule has 2 heterocycles. The van der Waals surface area contributed by atoms with Crippen molar-refractivity contribution in [2.45, 2.75) is 45.4 Å². The molecule has 1 aromatic rings. The lowest BCUT2D eigenvalue weighted by Gasteiger charge is -2.27. The smallest absolute Gasteiger partial charge is 0.329 e. The summed E-state index contributed by atoms with van der Waals surface area (Å²) in [5.74, 6) is -0.626. The lowest BCUT2D eigenvalue weighted by atomic mass is 9.87. The van der Waals surface area contributed by atoms with Crippen LogP contribution in [0.5, 0.6) is 0 Å². The Morgan fingerprint density at radius 1 is 1.07 bits per heavy atom. The third kappa shape index (κ3) is 4.38. The molecule has 2 aliphatic rings. The number of piperidine rings is 1. The van der Waals surface area contributed by atoms with Crippen molar-refractivity contribution in [2.24, 2.45) is 0 Å². The van der Waals surface area contributed by atoms with E-state index in [0.717, 1.165) is 29.7 Å². The number of hydrogen-bond donors (Lipinski definition) is 1. The Bertz CT molecular complexity index is 769. The second kappa shape index (κ2) is 7.55. The van der Waals surface area contributed by atoms with Crippen LogP contribution in [0.1, 0.15) is 51.2 Å². The lowest BCUT2D eigenvalue weighted by Crippen LogP contribution is -2.44. The summed E-state index contributed by atoms with van der Waals surface area (Å²) >= 11 is 0. The fraction of sp³-hybridized carbons (Fsp3) is 0.476. The minimum atomic E-state index is -0.539. The van der Waals surface area contributed by atoms with Crippen LogP contribution in [0.25, 0.3) is 6.08 Å². The van der Waals surface area contributed by atoms with Gasteiger partial charge in [0.1, 0.15) is 12.2 Å². The SMILES string of the molecule is CC(C)(C)c1ccc(/C=C2\NC(=O)N(CC(=O)N3CCCCC3)C2=O)cc1. The highest BCUT2D eigenvalue weighted by molar-refractivity contribution is 6.15. The van der Waals surface area contributed by atoms with Crippen molar-refractivity contribution < 1.29 is 14.4 Å². The van der Waals surface area contributed by atoms with Crippen molar-refractivity contribution in [3.05, 3.63) is 41.1 Å². The predicted molar refractivity (Wildman–Crippen MR) is 104 cm³/mol. The Labute approximate surface area is 160 Å². The fourth-order valence-corrected chi connectivity index (χ4v) is 3.34. The molecule has 0 spiro atoms. The van der Waals surface area contributed by atoms with Crippen LogP contribution < -0.4 is 5.32 Å². The van der Waals surface area contributed by atoms with Crippen LogP contribution in [-0.4, -0.2) is 47.3 Å². The highest BCUT2D eigenvalue weighted by atomic mass is 16.2. The average Bonchev–Trinajstić information content (AvgIpc) is 2.89. The molecule has 2 saturated heterocycles. The average molecular weight is 369 g/mol. The van der Waals surface area contributed by atoms with Gasteiger partial charge >= 0.3 is 6.03 Å². The number of amides is 4. The van der Waals surface area contributed by atoms with Crippen LogP contribution in [-0.2, 0) is 15.0 Å². The van der Waals surface area contributed by atoms with E-state index in [1.165, 1.54) is 5.56 Å². The minimum Gasteiger partial charge on any atom is -0.341 e. The lowest BCUT2D eigenvalue weighted by molar-refractivity contribution is -0.136. The topological polar surface area (TPSA) is 69.7 Å². The Balaban J connectivity index is 1.69. The zero-order valence-electron chi connectivity index (χ0n) is 16.2. The van der Waals surface area contributed by atoms with Crippen LogP contribution in [0, 0.1) is 0 Å². The highest BCUT2D eigenvalue weighted by Gasteiger charge is 2.36. The van der Waals surface area contributed by atoms with Crippen molar-refractivity contribution >= 4 is 23.9 Å². The molecular weight excluding hydrogens is 342 g/mol. The van der Waals surface area contributed by atoms with Crippen molar-refractivity contribution in [1.82, 2.24) is 15.1 Å². The third-order valence-corrected chi connectivity index (χ3v) is 5.05. The molecule has 0 aromatic heterocycles. The van der Waals surface area contributed by atoms with E-state index in [0.29, 0.717) is 13.1 Å². The Morgan fingerprint density at radius 2 is 1.70 bits per heavy atom. The van der Waals surface area contributed by atoms with Gasteiger partial charge in [-0.2, -0.15) is 0 Å². The first kappa shape index (κ1) is 19.1. The maximum Gasteiger partial charge on any atom is 0.329 e.